The molecule has 1 rings (SSSR count). The average Bonchev–Trinajstić information content (AvgIpc) is 2.28. The molecule has 2 atom stereocenters. The molecular weight excluding hydrogens is 174 g/mol. The van der Waals surface area contributed by atoms with E-state index in [4.69, 9.17) is 10.2 Å². The molecule has 1 amide bonds. The minimum Gasteiger partial charge on any atom is -0.481 e. The van der Waals surface area contributed by atoms with Crippen molar-refractivity contribution in [3.05, 3.63) is 0 Å². The van der Waals surface area contributed by atoms with Gasteiger partial charge in [0.1, 0.15) is 0 Å². The number of nitrogens with zero attached hydrogens (tertiary/aromatic N) is 1. The van der Waals surface area contributed by atoms with Crippen molar-refractivity contribution in [3.63, 3.8) is 0 Å². The topological polar surface area (TPSA) is 77.8 Å². The number of aliphatic hydroxyl groups excluding tert-OH is 1. The summed E-state index contributed by atoms with van der Waals surface area (Å²) >= 11 is 0. The predicted octanol–water partition coefficient (Wildman–Crippen LogP) is -0.557. The number of hydrogen-bond acceptors (Lipinski definition) is 3. The van der Waals surface area contributed by atoms with Crippen LogP contribution in [0, 0.1) is 0 Å². The van der Waals surface area contributed by atoms with E-state index < -0.39 is 12.1 Å². The van der Waals surface area contributed by atoms with E-state index in [1.165, 1.54) is 4.90 Å². The first-order chi connectivity index (χ1) is 6.00. The quantitative estimate of drug-likeness (QED) is 0.621. The standard InChI is InChI=1S/C8H13NO4/c1-5(2-8(12)13)9-4-6(10)3-7(9)11/h5-6,10H,2-4H2,1H3,(H,12,13)/t5-,6?/m1/s1. The van der Waals surface area contributed by atoms with E-state index in [-0.39, 0.29) is 31.3 Å². The van der Waals surface area contributed by atoms with Crippen LogP contribution in [0.4, 0.5) is 0 Å². The van der Waals surface area contributed by atoms with Gasteiger partial charge in [0.15, 0.2) is 0 Å². The van der Waals surface area contributed by atoms with Gasteiger partial charge in [-0.15, -0.1) is 0 Å². The molecule has 0 saturated carbocycles. The molecule has 0 spiro atoms. The lowest BCUT2D eigenvalue weighted by Gasteiger charge is -2.22. The van der Waals surface area contributed by atoms with Gasteiger partial charge in [0, 0.05) is 12.6 Å². The summed E-state index contributed by atoms with van der Waals surface area (Å²) in [6.07, 6.45) is -0.591. The second-order valence-corrected chi connectivity index (χ2v) is 3.35. The maximum Gasteiger partial charge on any atom is 0.305 e. The first-order valence-corrected chi connectivity index (χ1v) is 4.20. The van der Waals surface area contributed by atoms with Crippen molar-refractivity contribution in [2.24, 2.45) is 0 Å². The van der Waals surface area contributed by atoms with Gasteiger partial charge in [-0.25, -0.2) is 0 Å². The van der Waals surface area contributed by atoms with Gasteiger partial charge in [-0.2, -0.15) is 0 Å². The minimum absolute atomic E-state index is 0.0710. The SMILES string of the molecule is C[C@H](CC(=O)O)N1CC(O)CC1=O. The largest absolute Gasteiger partial charge is 0.481 e. The van der Waals surface area contributed by atoms with Gasteiger partial charge in [-0.1, -0.05) is 0 Å². The third kappa shape index (κ3) is 2.42. The normalized spacial score (nSPS) is 24.9. The van der Waals surface area contributed by atoms with Crippen molar-refractivity contribution in [1.29, 1.82) is 0 Å². The van der Waals surface area contributed by atoms with E-state index in [2.05, 4.69) is 0 Å². The molecule has 0 radical (unpaired) electrons. The molecule has 0 aromatic carbocycles. The predicted molar refractivity (Wildman–Crippen MR) is 44.1 cm³/mol. The van der Waals surface area contributed by atoms with Gasteiger partial charge in [-0.05, 0) is 6.92 Å². The Balaban J connectivity index is 2.51. The van der Waals surface area contributed by atoms with Crippen LogP contribution in [0.15, 0.2) is 0 Å². The number of carbonyl (C=O) groups is 2. The highest BCUT2D eigenvalue weighted by atomic mass is 16.4. The van der Waals surface area contributed by atoms with Crippen molar-refractivity contribution in [3.8, 4) is 0 Å². The number of aliphatic carboxylic acids is 1. The first-order valence-electron chi connectivity index (χ1n) is 4.20. The smallest absolute Gasteiger partial charge is 0.305 e. The molecule has 1 heterocycles. The Morgan fingerprint density at radius 3 is 2.77 bits per heavy atom. The highest BCUT2D eigenvalue weighted by Crippen LogP contribution is 2.15. The average molecular weight is 187 g/mol. The van der Waals surface area contributed by atoms with Crippen molar-refractivity contribution >= 4 is 11.9 Å². The van der Waals surface area contributed by atoms with E-state index in [0.717, 1.165) is 0 Å². The molecule has 1 aliphatic heterocycles. The van der Waals surface area contributed by atoms with Crippen LogP contribution >= 0.6 is 0 Å². The summed E-state index contributed by atoms with van der Waals surface area (Å²) < 4.78 is 0. The minimum atomic E-state index is -0.929. The number of aliphatic hydroxyl groups is 1. The maximum absolute atomic E-state index is 11.2. The molecule has 0 aromatic heterocycles. The molecule has 0 aromatic rings. The molecule has 0 aliphatic carbocycles. The number of rotatable bonds is 3. The Hall–Kier alpha value is -1.10. The van der Waals surface area contributed by atoms with Crippen molar-refractivity contribution in [2.45, 2.75) is 31.9 Å². The van der Waals surface area contributed by atoms with E-state index in [1.807, 2.05) is 0 Å². The lowest BCUT2D eigenvalue weighted by atomic mass is 10.2. The summed E-state index contributed by atoms with van der Waals surface area (Å²) in [5.41, 5.74) is 0. The Morgan fingerprint density at radius 1 is 1.77 bits per heavy atom. The Bertz CT molecular complexity index is 228. The van der Waals surface area contributed by atoms with Crippen molar-refractivity contribution in [1.82, 2.24) is 4.90 Å². The van der Waals surface area contributed by atoms with Crippen LogP contribution < -0.4 is 0 Å². The first kappa shape index (κ1) is 9.98. The molecule has 5 nitrogen and oxygen atoms in total. The number of β-amino-alcohol motifs (C(OH)–C–C–N with tert-alkyl or cyclic N) is 1. The maximum atomic E-state index is 11.2. The fraction of sp³-hybridized carbons (Fsp3) is 0.750. The number of amides is 1. The van der Waals surface area contributed by atoms with Gasteiger partial charge in [0.2, 0.25) is 5.91 Å². The van der Waals surface area contributed by atoms with Crippen molar-refractivity contribution in [2.75, 3.05) is 6.54 Å². The lowest BCUT2D eigenvalue weighted by Crippen LogP contribution is -2.36. The molecule has 1 aliphatic rings. The van der Waals surface area contributed by atoms with E-state index >= 15 is 0 Å². The molecule has 1 saturated heterocycles. The fourth-order valence-corrected chi connectivity index (χ4v) is 1.50. The summed E-state index contributed by atoms with van der Waals surface area (Å²) in [6.45, 7) is 1.93. The van der Waals surface area contributed by atoms with E-state index in [0.29, 0.717) is 0 Å². The highest BCUT2D eigenvalue weighted by molar-refractivity contribution is 5.80. The number of likely N-dealkylation sites (tertiary alicyclic amines) is 1. The highest BCUT2D eigenvalue weighted by Gasteiger charge is 2.31. The Labute approximate surface area is 76.0 Å². The molecule has 1 unspecified atom stereocenters. The third-order valence-electron chi connectivity index (χ3n) is 2.14. The molecular formula is C8H13NO4. The number of carbonyl (C=O) groups excluding carboxylic acids is 1. The summed E-state index contributed by atoms with van der Waals surface area (Å²) in [7, 11) is 0. The summed E-state index contributed by atoms with van der Waals surface area (Å²) in [5, 5.41) is 17.6. The third-order valence-corrected chi connectivity index (χ3v) is 2.14. The van der Waals surface area contributed by atoms with Crippen LogP contribution in [0.5, 0.6) is 0 Å². The molecule has 2 N–H and O–H groups in total. The summed E-state index contributed by atoms with van der Waals surface area (Å²) in [4.78, 5) is 23.0. The van der Waals surface area contributed by atoms with E-state index in [1.54, 1.807) is 6.92 Å². The zero-order valence-corrected chi connectivity index (χ0v) is 7.43. The lowest BCUT2D eigenvalue weighted by molar-refractivity contribution is -0.139. The van der Waals surface area contributed by atoms with Gasteiger partial charge in [0.05, 0.1) is 18.9 Å². The molecule has 5 heteroatoms. The van der Waals surface area contributed by atoms with Crippen LogP contribution in [-0.4, -0.2) is 45.7 Å². The molecule has 0 bridgehead atoms. The fourth-order valence-electron chi connectivity index (χ4n) is 1.50. The Kier molecular flexibility index (Phi) is 2.87. The Morgan fingerprint density at radius 2 is 2.38 bits per heavy atom. The van der Waals surface area contributed by atoms with E-state index in [9.17, 15) is 9.59 Å². The number of carboxylic acids is 1. The summed E-state index contributed by atoms with van der Waals surface area (Å²) in [5.74, 6) is -1.09. The molecule has 13 heavy (non-hydrogen) atoms. The number of carboxylic acid groups (broad SMARTS) is 1. The van der Waals surface area contributed by atoms with Crippen molar-refractivity contribution < 1.29 is 19.8 Å². The van der Waals surface area contributed by atoms with Gasteiger partial charge < -0.3 is 15.1 Å². The van der Waals surface area contributed by atoms with Crippen LogP contribution in [-0.2, 0) is 9.59 Å². The van der Waals surface area contributed by atoms with Crippen LogP contribution in [0.25, 0.3) is 0 Å². The molecule has 74 valence electrons. The van der Waals surface area contributed by atoms with Gasteiger partial charge in [0.25, 0.3) is 0 Å². The second-order valence-electron chi connectivity index (χ2n) is 3.35. The molecule has 1 fully saturated rings. The zero-order chi connectivity index (χ0) is 10.0. The van der Waals surface area contributed by atoms with Crippen LogP contribution in [0.3, 0.4) is 0 Å². The second kappa shape index (κ2) is 3.74. The van der Waals surface area contributed by atoms with Gasteiger partial charge in [-0.3, -0.25) is 9.59 Å². The summed E-state index contributed by atoms with van der Waals surface area (Å²) in [6, 6.07) is -0.331. The monoisotopic (exact) mass is 187 g/mol. The van der Waals surface area contributed by atoms with Gasteiger partial charge >= 0.3 is 5.97 Å². The zero-order valence-electron chi connectivity index (χ0n) is 7.43. The number of hydrogen-bond donors (Lipinski definition) is 2. The van der Waals surface area contributed by atoms with Crippen LogP contribution in [0.1, 0.15) is 19.8 Å². The van der Waals surface area contributed by atoms with Crippen LogP contribution in [0.2, 0.25) is 0 Å².